The van der Waals surface area contributed by atoms with E-state index in [4.69, 9.17) is 9.84 Å². The lowest BCUT2D eigenvalue weighted by Gasteiger charge is -2.13. The van der Waals surface area contributed by atoms with Crippen LogP contribution >= 0.6 is 0 Å². The molecule has 178 valence electrons. The highest BCUT2D eigenvalue weighted by molar-refractivity contribution is 5.39. The average Bonchev–Trinajstić information content (AvgIpc) is 3.17. The van der Waals surface area contributed by atoms with Gasteiger partial charge in [0.25, 0.3) is 0 Å². The summed E-state index contributed by atoms with van der Waals surface area (Å²) in [6.45, 7) is 4.91. The van der Waals surface area contributed by atoms with Gasteiger partial charge in [-0.05, 0) is 56.0 Å². The Morgan fingerprint density at radius 2 is 1.75 bits per heavy atom. The summed E-state index contributed by atoms with van der Waals surface area (Å²) in [7, 11) is 1.65. The quantitative estimate of drug-likeness (QED) is 0.222. The highest BCUT2D eigenvalue weighted by atomic mass is 19.4. The third-order valence-corrected chi connectivity index (χ3v) is 5.31. The Morgan fingerprint density at radius 1 is 1.03 bits per heavy atom. The normalized spacial score (nSPS) is 13.1. The molecule has 0 fully saturated rings. The number of halogens is 3. The second-order valence-electron chi connectivity index (χ2n) is 7.93. The predicted octanol–water partition coefficient (Wildman–Crippen LogP) is 7.37. The first-order chi connectivity index (χ1) is 15.4. The summed E-state index contributed by atoms with van der Waals surface area (Å²) < 4.78 is 48.4. The molecule has 1 unspecified atom stereocenters. The van der Waals surface area contributed by atoms with E-state index in [1.807, 2.05) is 4.68 Å². The largest absolute Gasteiger partial charge is 0.573 e. The summed E-state index contributed by atoms with van der Waals surface area (Å²) >= 11 is 0. The van der Waals surface area contributed by atoms with Gasteiger partial charge in [-0.15, -0.1) is 13.2 Å². The second-order valence-corrected chi connectivity index (χ2v) is 7.93. The van der Waals surface area contributed by atoms with E-state index < -0.39 is 6.36 Å². The summed E-state index contributed by atoms with van der Waals surface area (Å²) in [5.41, 5.74) is 2.70. The van der Waals surface area contributed by atoms with E-state index in [2.05, 4.69) is 36.8 Å². The van der Waals surface area contributed by atoms with Crippen molar-refractivity contribution in [2.24, 2.45) is 0 Å². The van der Waals surface area contributed by atoms with Gasteiger partial charge in [-0.25, -0.2) is 4.68 Å². The maximum Gasteiger partial charge on any atom is 0.573 e. The van der Waals surface area contributed by atoms with E-state index >= 15 is 0 Å². The zero-order valence-electron chi connectivity index (χ0n) is 19.3. The van der Waals surface area contributed by atoms with Crippen molar-refractivity contribution < 1.29 is 22.6 Å². The van der Waals surface area contributed by atoms with Crippen LogP contribution in [0.3, 0.4) is 0 Å². The van der Waals surface area contributed by atoms with Crippen LogP contribution in [-0.4, -0.2) is 29.9 Å². The van der Waals surface area contributed by atoms with Crippen LogP contribution in [0.5, 0.6) is 5.75 Å². The van der Waals surface area contributed by atoms with Gasteiger partial charge in [-0.3, -0.25) is 0 Å². The van der Waals surface area contributed by atoms with Crippen molar-refractivity contribution in [3.05, 3.63) is 53.9 Å². The van der Waals surface area contributed by atoms with Gasteiger partial charge in [0.15, 0.2) is 0 Å². The minimum absolute atomic E-state index is 0.245. The predicted molar refractivity (Wildman–Crippen MR) is 121 cm³/mol. The highest BCUT2D eigenvalue weighted by Crippen LogP contribution is 2.29. The van der Waals surface area contributed by atoms with Crippen LogP contribution in [0, 0.1) is 0 Å². The van der Waals surface area contributed by atoms with Crippen LogP contribution < -0.4 is 4.74 Å². The molecule has 0 spiro atoms. The zero-order chi connectivity index (χ0) is 23.4. The molecule has 0 N–H and O–H groups in total. The zero-order valence-corrected chi connectivity index (χ0v) is 19.3. The number of methoxy groups -OCH3 is 1. The minimum atomic E-state index is -4.71. The number of hydrogen-bond acceptors (Lipinski definition) is 3. The number of aromatic nitrogens is 2. The van der Waals surface area contributed by atoms with Crippen LogP contribution in [-0.2, 0) is 11.2 Å². The Labute approximate surface area is 189 Å². The van der Waals surface area contributed by atoms with Gasteiger partial charge in [0.05, 0.1) is 18.0 Å². The fraction of sp³-hybridized carbons (Fsp3) is 0.560. The van der Waals surface area contributed by atoms with Crippen molar-refractivity contribution in [3.63, 3.8) is 0 Å². The lowest BCUT2D eigenvalue weighted by molar-refractivity contribution is -0.274. The van der Waals surface area contributed by atoms with Gasteiger partial charge in [0.2, 0.25) is 0 Å². The molecule has 0 saturated heterocycles. The third kappa shape index (κ3) is 8.69. The lowest BCUT2D eigenvalue weighted by Crippen LogP contribution is -2.17. The van der Waals surface area contributed by atoms with E-state index in [0.717, 1.165) is 43.5 Å². The summed E-state index contributed by atoms with van der Waals surface area (Å²) in [6, 6.07) is 7.93. The van der Waals surface area contributed by atoms with Gasteiger partial charge in [0, 0.05) is 25.1 Å². The van der Waals surface area contributed by atoms with E-state index in [0.29, 0.717) is 24.6 Å². The first-order valence-corrected chi connectivity index (χ1v) is 11.5. The molecule has 1 aromatic heterocycles. The molecular formula is C25H35F3N2O2. The molecule has 0 amide bonds. The summed E-state index contributed by atoms with van der Waals surface area (Å²) in [6.07, 6.45) is 8.17. The molecule has 0 radical (unpaired) electrons. The molecule has 2 rings (SSSR count). The number of rotatable bonds is 14. The fourth-order valence-electron chi connectivity index (χ4n) is 3.68. The number of nitrogens with zero attached hydrogens (tertiary/aromatic N) is 2. The molecule has 1 aromatic carbocycles. The molecule has 1 heterocycles. The number of unbranched alkanes of at least 4 members (excludes halogenated alkanes) is 2. The average molecular weight is 453 g/mol. The van der Waals surface area contributed by atoms with Crippen molar-refractivity contribution in [1.29, 1.82) is 0 Å². The first kappa shape index (κ1) is 26.0. The van der Waals surface area contributed by atoms with Crippen molar-refractivity contribution in [1.82, 2.24) is 9.78 Å². The van der Waals surface area contributed by atoms with Crippen LogP contribution in [0.15, 0.2) is 42.5 Å². The molecule has 0 saturated carbocycles. The highest BCUT2D eigenvalue weighted by Gasteiger charge is 2.31. The Bertz CT molecular complexity index is 814. The summed E-state index contributed by atoms with van der Waals surface area (Å²) in [5, 5.41) is 4.86. The number of benzene rings is 1. The summed E-state index contributed by atoms with van der Waals surface area (Å²) in [4.78, 5) is 0. The molecule has 0 aliphatic heterocycles. The van der Waals surface area contributed by atoms with Crippen LogP contribution in [0.2, 0.25) is 0 Å². The number of alkyl halides is 3. The molecular weight excluding hydrogens is 417 g/mol. The van der Waals surface area contributed by atoms with Crippen molar-refractivity contribution in [2.75, 3.05) is 13.7 Å². The van der Waals surface area contributed by atoms with Crippen LogP contribution in [0.4, 0.5) is 13.2 Å². The van der Waals surface area contributed by atoms with Crippen LogP contribution in [0.25, 0.3) is 5.69 Å². The van der Waals surface area contributed by atoms with E-state index in [1.54, 1.807) is 19.2 Å². The van der Waals surface area contributed by atoms with Crippen LogP contribution in [0.1, 0.15) is 76.1 Å². The topological polar surface area (TPSA) is 36.3 Å². The SMILES string of the molecule is CCCCC=CCCC(CCC)c1cc(CCOC)n(-c2ccc(OC(F)(F)F)cc2)n1. The Hall–Kier alpha value is -2.28. The summed E-state index contributed by atoms with van der Waals surface area (Å²) in [5.74, 6) is 0.0944. The smallest absolute Gasteiger partial charge is 0.406 e. The van der Waals surface area contributed by atoms with Gasteiger partial charge in [-0.1, -0.05) is 45.3 Å². The Kier molecular flexibility index (Phi) is 10.8. The molecule has 2 aromatic rings. The standard InChI is InChI=1S/C25H35F3N2O2/c1-4-6-7-8-9-10-12-20(11-5-2)24-19-22(17-18-31-3)30(29-24)21-13-15-23(16-14-21)32-25(26,27)28/h8-9,13-16,19-20H,4-7,10-12,17-18H2,1-3H3. The van der Waals surface area contributed by atoms with Gasteiger partial charge < -0.3 is 9.47 Å². The molecule has 7 heteroatoms. The molecule has 32 heavy (non-hydrogen) atoms. The van der Waals surface area contributed by atoms with E-state index in [1.165, 1.54) is 25.0 Å². The lowest BCUT2D eigenvalue weighted by atomic mass is 9.94. The Morgan fingerprint density at radius 3 is 2.38 bits per heavy atom. The molecule has 4 nitrogen and oxygen atoms in total. The van der Waals surface area contributed by atoms with E-state index in [-0.39, 0.29) is 5.75 Å². The number of ether oxygens (including phenoxy) is 2. The first-order valence-electron chi connectivity index (χ1n) is 11.5. The van der Waals surface area contributed by atoms with Gasteiger partial charge in [-0.2, -0.15) is 5.10 Å². The molecule has 0 aliphatic carbocycles. The molecule has 0 aliphatic rings. The molecule has 1 atom stereocenters. The van der Waals surface area contributed by atoms with Gasteiger partial charge in [0.1, 0.15) is 5.75 Å². The Balaban J connectivity index is 2.21. The van der Waals surface area contributed by atoms with Gasteiger partial charge >= 0.3 is 6.36 Å². The second kappa shape index (κ2) is 13.3. The van der Waals surface area contributed by atoms with Crippen molar-refractivity contribution in [2.45, 2.75) is 77.5 Å². The van der Waals surface area contributed by atoms with E-state index in [9.17, 15) is 13.2 Å². The maximum atomic E-state index is 12.5. The van der Waals surface area contributed by atoms with Crippen molar-refractivity contribution >= 4 is 0 Å². The molecule has 0 bridgehead atoms. The third-order valence-electron chi connectivity index (χ3n) is 5.31. The van der Waals surface area contributed by atoms with Crippen molar-refractivity contribution in [3.8, 4) is 11.4 Å². The monoisotopic (exact) mass is 452 g/mol. The number of hydrogen-bond donors (Lipinski definition) is 0. The maximum absolute atomic E-state index is 12.5. The minimum Gasteiger partial charge on any atom is -0.406 e. The number of allylic oxidation sites excluding steroid dienone is 2. The fourth-order valence-corrected chi connectivity index (χ4v) is 3.68.